The Bertz CT molecular complexity index is 3130. The molecule has 0 radical (unpaired) electrons. The van der Waals surface area contributed by atoms with Crippen LogP contribution in [-0.2, 0) is 38.2 Å². The summed E-state index contributed by atoms with van der Waals surface area (Å²) in [5.74, 6) is 1.54. The van der Waals surface area contributed by atoms with Crippen molar-refractivity contribution in [2.24, 2.45) is 0 Å². The zero-order chi connectivity index (χ0) is 56.4. The van der Waals surface area contributed by atoms with E-state index in [1.54, 1.807) is 91.1 Å². The summed E-state index contributed by atoms with van der Waals surface area (Å²) in [6.07, 6.45) is -0.222. The second-order valence-electron chi connectivity index (χ2n) is 20.0. The van der Waals surface area contributed by atoms with E-state index >= 15 is 4.57 Å². The Labute approximate surface area is 467 Å². The number of imidazole rings is 1. The number of fused-ring (bicyclic) bond motifs is 1. The summed E-state index contributed by atoms with van der Waals surface area (Å²) in [5, 5.41) is 2.90. The third kappa shape index (κ3) is 12.3. The van der Waals surface area contributed by atoms with Crippen molar-refractivity contribution in [1.29, 1.82) is 0 Å². The lowest BCUT2D eigenvalue weighted by Gasteiger charge is -2.40. The number of hydrogen-bond acceptors (Lipinski definition) is 15. The van der Waals surface area contributed by atoms with Gasteiger partial charge < -0.3 is 43.4 Å². The van der Waals surface area contributed by atoms with Crippen LogP contribution in [0.15, 0.2) is 146 Å². The number of aromatic nitrogens is 4. The van der Waals surface area contributed by atoms with E-state index in [0.29, 0.717) is 47.0 Å². The fraction of sp³-hybridized carbons (Fsp3) is 0.383. The summed E-state index contributed by atoms with van der Waals surface area (Å²) in [6.45, 7) is 8.16. The second kappa shape index (κ2) is 26.0. The highest BCUT2D eigenvalue weighted by molar-refractivity contribution is 7.51. The van der Waals surface area contributed by atoms with E-state index in [1.807, 2.05) is 113 Å². The van der Waals surface area contributed by atoms with Crippen LogP contribution < -0.4 is 19.5 Å². The predicted molar refractivity (Wildman–Crippen MR) is 301 cm³/mol. The summed E-state index contributed by atoms with van der Waals surface area (Å²) in [6, 6.07) is 39.8. The summed E-state index contributed by atoms with van der Waals surface area (Å²) in [5.41, 5.74) is 2.51. The van der Waals surface area contributed by atoms with Gasteiger partial charge in [-0.3, -0.25) is 23.2 Å². The van der Waals surface area contributed by atoms with Crippen molar-refractivity contribution in [3.8, 4) is 17.2 Å². The Morgan fingerprint density at radius 3 is 1.89 bits per heavy atom. The van der Waals surface area contributed by atoms with Crippen LogP contribution in [0, 0.1) is 0 Å². The van der Waals surface area contributed by atoms with Crippen LogP contribution >= 0.6 is 7.75 Å². The number of likely N-dealkylation sites (tertiary alicyclic amines) is 1. The van der Waals surface area contributed by atoms with Gasteiger partial charge in [-0.1, -0.05) is 72.8 Å². The van der Waals surface area contributed by atoms with Gasteiger partial charge in [0, 0.05) is 36.9 Å². The number of nitrogens with one attached hydrogen (secondary N) is 1. The number of nitrogens with zero attached hydrogens (tertiary/aromatic N) is 6. The molecule has 2 fully saturated rings. The third-order valence-electron chi connectivity index (χ3n) is 14.4. The fourth-order valence-electron chi connectivity index (χ4n) is 10.6. The van der Waals surface area contributed by atoms with Gasteiger partial charge in [0.25, 0.3) is 11.8 Å². The van der Waals surface area contributed by atoms with Crippen LogP contribution in [0.3, 0.4) is 0 Å². The van der Waals surface area contributed by atoms with E-state index in [-0.39, 0.29) is 61.7 Å². The fourth-order valence-corrected chi connectivity index (χ4v) is 13.0. The van der Waals surface area contributed by atoms with Crippen molar-refractivity contribution >= 4 is 36.5 Å². The Balaban J connectivity index is 1.16. The normalized spacial score (nSPS) is 19.2. The molecule has 19 nitrogen and oxygen atoms in total. The summed E-state index contributed by atoms with van der Waals surface area (Å²) < 4.78 is 77.7. The molecule has 4 heterocycles. The first-order valence-corrected chi connectivity index (χ1v) is 28.3. The van der Waals surface area contributed by atoms with Crippen LogP contribution in [0.25, 0.3) is 11.2 Å². The van der Waals surface area contributed by atoms with Gasteiger partial charge in [-0.2, -0.15) is 0 Å². The minimum atomic E-state index is -4.45. The van der Waals surface area contributed by atoms with E-state index in [0.717, 1.165) is 23.1 Å². The molecule has 1 N–H and O–H groups in total. The molecule has 7 aromatic rings. The highest BCUT2D eigenvalue weighted by atomic mass is 31.2. The van der Waals surface area contributed by atoms with E-state index in [9.17, 15) is 9.59 Å². The summed E-state index contributed by atoms with van der Waals surface area (Å²) in [4.78, 5) is 43.3. The lowest BCUT2D eigenvalue weighted by Crippen LogP contribution is -2.45. The maximum absolute atomic E-state index is 16.5. The smallest absolute Gasteiger partial charge is 0.409 e. The minimum absolute atomic E-state index is 0.0633. The molecule has 1 unspecified atom stereocenters. The van der Waals surface area contributed by atoms with E-state index in [2.05, 4.69) is 15.3 Å². The van der Waals surface area contributed by atoms with E-state index in [1.165, 1.54) is 12.7 Å². The monoisotopic (exact) mass is 1110 g/mol. The number of benzene rings is 5. The molecular weight excluding hydrogens is 1040 g/mol. The van der Waals surface area contributed by atoms with Gasteiger partial charge in [0.05, 0.1) is 60.1 Å². The number of anilines is 1. The Kier molecular flexibility index (Phi) is 18.7. The van der Waals surface area contributed by atoms with Crippen molar-refractivity contribution in [2.75, 3.05) is 66.7 Å². The van der Waals surface area contributed by atoms with Gasteiger partial charge in [-0.25, -0.2) is 24.2 Å². The first kappa shape index (κ1) is 57.6. The molecule has 80 heavy (non-hydrogen) atoms. The topological polar surface area (TPSA) is 196 Å². The number of carbonyl (C=O) groups excluding carboxylic acids is 2. The molecule has 2 saturated heterocycles. The van der Waals surface area contributed by atoms with Gasteiger partial charge in [0.1, 0.15) is 47.5 Å². The highest BCUT2D eigenvalue weighted by Gasteiger charge is 2.54. The van der Waals surface area contributed by atoms with Gasteiger partial charge in [-0.15, -0.1) is 0 Å². The lowest BCUT2D eigenvalue weighted by molar-refractivity contribution is -0.0969. The van der Waals surface area contributed by atoms with Crippen molar-refractivity contribution in [1.82, 2.24) is 29.1 Å². The number of hydrogen-bond donors (Lipinski definition) is 1. The zero-order valence-corrected chi connectivity index (χ0v) is 47.3. The molecule has 6 atom stereocenters. The first-order valence-electron chi connectivity index (χ1n) is 26.8. The number of carbonyl (C=O) groups is 2. The molecule has 422 valence electrons. The molecule has 2 amide bonds. The van der Waals surface area contributed by atoms with Crippen molar-refractivity contribution in [2.45, 2.75) is 88.8 Å². The van der Waals surface area contributed by atoms with E-state index in [4.69, 9.17) is 47.2 Å². The SMILES string of the molecule is COCCO[C@@H]1[C@H](OP(=O)(OC[C@@H]2CCCN2C(=O)c2ccc(OC)cc2)N(C(C)C)C(C)C)[C@@H](COC(c2ccccc2)(c2ccc(OC)cc2)c2ccc(OC)cc2)O[C@H]1n1cnc2c(NC(=O)c3ccccc3)ncnc21. The Hall–Kier alpha value is -7.06. The molecule has 0 aliphatic carbocycles. The zero-order valence-electron chi connectivity index (χ0n) is 46.4. The largest absolute Gasteiger partial charge is 0.497 e. The molecule has 2 aliphatic rings. The molecule has 0 bridgehead atoms. The standard InChI is InChI=1S/C60H70N7O12P/c1-40(2)67(41(3)4)80(70,77-36-47-20-15-33-65(47)58(69)43-21-27-48(72-6)28-22-43)79-53-51(37-76-60(44-18-13-10-14-19-44,45-23-29-49(73-7)30-24-45)46-25-31-50(74-8)32-26-46)78-59(54(53)75-35-34-71-5)66-39-63-52-55(61-38-62-56(52)66)64-57(68)42-16-11-9-12-17-42/h9-14,16-19,21-32,38-41,47,51,53-54,59H,15,20,33-37H2,1-8H3,(H,61,62,64,68)/t47-,51+,53+,54+,59+,80?/m0/s1. The molecular formula is C60H70N7O12P. The lowest BCUT2D eigenvalue weighted by atomic mass is 9.80. The second-order valence-corrected chi connectivity index (χ2v) is 21.9. The number of methoxy groups -OCH3 is 4. The van der Waals surface area contributed by atoms with Gasteiger partial charge >= 0.3 is 7.75 Å². The molecule has 0 spiro atoms. The van der Waals surface area contributed by atoms with Gasteiger partial charge in [0.2, 0.25) is 0 Å². The predicted octanol–water partition coefficient (Wildman–Crippen LogP) is 9.98. The third-order valence-corrected chi connectivity index (χ3v) is 16.9. The highest BCUT2D eigenvalue weighted by Crippen LogP contribution is 2.58. The average molecular weight is 1110 g/mol. The van der Waals surface area contributed by atoms with Gasteiger partial charge in [0.15, 0.2) is 23.2 Å². The number of ether oxygens (including phenoxy) is 7. The quantitative estimate of drug-likeness (QED) is 0.0322. The Morgan fingerprint density at radius 2 is 1.30 bits per heavy atom. The van der Waals surface area contributed by atoms with Crippen molar-refractivity contribution in [3.05, 3.63) is 174 Å². The maximum atomic E-state index is 16.5. The first-order chi connectivity index (χ1) is 38.8. The summed E-state index contributed by atoms with van der Waals surface area (Å²) >= 11 is 0. The van der Waals surface area contributed by atoms with Crippen LogP contribution in [0.1, 0.15) is 84.2 Å². The van der Waals surface area contributed by atoms with Crippen LogP contribution in [0.5, 0.6) is 17.2 Å². The summed E-state index contributed by atoms with van der Waals surface area (Å²) in [7, 11) is 1.92. The Morgan fingerprint density at radius 1 is 0.713 bits per heavy atom. The van der Waals surface area contributed by atoms with Crippen LogP contribution in [0.2, 0.25) is 0 Å². The van der Waals surface area contributed by atoms with Crippen LogP contribution in [0.4, 0.5) is 5.82 Å². The van der Waals surface area contributed by atoms with Crippen LogP contribution in [-0.4, -0.2) is 139 Å². The molecule has 9 rings (SSSR count). The van der Waals surface area contributed by atoms with Crippen molar-refractivity contribution in [3.63, 3.8) is 0 Å². The molecule has 2 aromatic heterocycles. The number of rotatable bonds is 25. The van der Waals surface area contributed by atoms with E-state index < -0.39 is 43.9 Å². The van der Waals surface area contributed by atoms with Crippen molar-refractivity contribution < 1.29 is 56.4 Å². The molecule has 5 aromatic carbocycles. The molecule has 20 heteroatoms. The molecule has 2 aliphatic heterocycles. The van der Waals surface area contributed by atoms with Gasteiger partial charge in [-0.05, 0) is 118 Å². The maximum Gasteiger partial charge on any atom is 0.409 e. The average Bonchev–Trinajstić information content (AvgIpc) is 4.24. The molecule has 0 saturated carbocycles. The number of amides is 2. The minimum Gasteiger partial charge on any atom is -0.497 e.